The molecule has 4 unspecified atom stereocenters. The highest BCUT2D eigenvalue weighted by Gasteiger charge is 2.30. The zero-order valence-electron chi connectivity index (χ0n) is 12.2. The molecule has 1 fully saturated rings. The third-order valence-electron chi connectivity index (χ3n) is 4.48. The lowest BCUT2D eigenvalue weighted by atomic mass is 9.85. The molecule has 2 rings (SSSR count). The van der Waals surface area contributed by atoms with Crippen molar-refractivity contribution in [3.05, 3.63) is 29.8 Å². The van der Waals surface area contributed by atoms with Crippen LogP contribution in [-0.2, 0) is 0 Å². The van der Waals surface area contributed by atoms with E-state index in [1.165, 1.54) is 6.42 Å². The van der Waals surface area contributed by atoms with Gasteiger partial charge in [-0.05, 0) is 31.2 Å². The third kappa shape index (κ3) is 3.28. The van der Waals surface area contributed by atoms with Crippen LogP contribution in [0.1, 0.15) is 38.9 Å². The second-order valence-corrected chi connectivity index (χ2v) is 6.16. The number of benzene rings is 1. The van der Waals surface area contributed by atoms with Crippen molar-refractivity contribution in [1.29, 1.82) is 0 Å². The summed E-state index contributed by atoms with van der Waals surface area (Å²) < 4.78 is 0. The molecule has 1 aromatic carbocycles. The molecule has 3 nitrogen and oxygen atoms in total. The fraction of sp³-hybridized carbons (Fsp3) is 0.625. The van der Waals surface area contributed by atoms with Gasteiger partial charge >= 0.3 is 0 Å². The third-order valence-corrected chi connectivity index (χ3v) is 4.48. The number of nitrogens with two attached hydrogens (primary N) is 1. The molecular weight excluding hydrogens is 236 g/mol. The predicted octanol–water partition coefficient (Wildman–Crippen LogP) is 2.67. The summed E-state index contributed by atoms with van der Waals surface area (Å²) in [6.07, 6.45) is 0.780. The normalized spacial score (nSPS) is 30.2. The molecule has 19 heavy (non-hydrogen) atoms. The number of nitrogen functional groups attached to an aromatic ring is 1. The fourth-order valence-electron chi connectivity index (χ4n) is 3.21. The quantitative estimate of drug-likeness (QED) is 0.823. The van der Waals surface area contributed by atoms with Crippen LogP contribution in [0.3, 0.4) is 0 Å². The summed E-state index contributed by atoms with van der Waals surface area (Å²) in [7, 11) is 0. The molecule has 3 heteroatoms. The molecule has 0 aliphatic carbocycles. The number of piperidine rings is 1. The maximum Gasteiger partial charge on any atom is 0.0936 e. The van der Waals surface area contributed by atoms with Gasteiger partial charge in [0.1, 0.15) is 0 Å². The van der Waals surface area contributed by atoms with E-state index < -0.39 is 6.10 Å². The first-order valence-corrected chi connectivity index (χ1v) is 7.25. The van der Waals surface area contributed by atoms with E-state index in [0.717, 1.165) is 12.1 Å². The highest BCUT2D eigenvalue weighted by atomic mass is 16.3. The minimum absolute atomic E-state index is 0.499. The van der Waals surface area contributed by atoms with Crippen LogP contribution in [0.4, 0.5) is 5.69 Å². The van der Waals surface area contributed by atoms with Crippen molar-refractivity contribution in [3.63, 3.8) is 0 Å². The van der Waals surface area contributed by atoms with E-state index in [0.29, 0.717) is 30.1 Å². The molecule has 0 radical (unpaired) electrons. The molecule has 0 bridgehead atoms. The van der Waals surface area contributed by atoms with Gasteiger partial charge in [-0.3, -0.25) is 4.90 Å². The molecule has 0 spiro atoms. The van der Waals surface area contributed by atoms with Gasteiger partial charge in [0.25, 0.3) is 0 Å². The van der Waals surface area contributed by atoms with E-state index >= 15 is 0 Å². The maximum absolute atomic E-state index is 10.4. The number of aliphatic hydroxyl groups excluding tert-OH is 1. The molecule has 3 N–H and O–H groups in total. The topological polar surface area (TPSA) is 49.5 Å². The Morgan fingerprint density at radius 1 is 1.32 bits per heavy atom. The number of aliphatic hydroxyl groups is 1. The number of para-hydroxylation sites is 1. The van der Waals surface area contributed by atoms with Crippen LogP contribution in [0, 0.1) is 11.8 Å². The SMILES string of the molecule is CC1CC(C)C(C)N(CC(O)c2ccccc2N)C1. The van der Waals surface area contributed by atoms with E-state index in [1.807, 2.05) is 24.3 Å². The molecule has 1 aliphatic heterocycles. The molecule has 1 aromatic rings. The van der Waals surface area contributed by atoms with Crippen molar-refractivity contribution in [2.24, 2.45) is 11.8 Å². The monoisotopic (exact) mass is 262 g/mol. The number of anilines is 1. The highest BCUT2D eigenvalue weighted by Crippen LogP contribution is 2.29. The first kappa shape index (κ1) is 14.4. The Morgan fingerprint density at radius 3 is 2.68 bits per heavy atom. The zero-order valence-corrected chi connectivity index (χ0v) is 12.2. The molecule has 0 amide bonds. The molecule has 1 aliphatic rings. The minimum atomic E-state index is -0.499. The summed E-state index contributed by atoms with van der Waals surface area (Å²) in [5, 5.41) is 10.4. The summed E-state index contributed by atoms with van der Waals surface area (Å²) in [5.74, 6) is 1.38. The van der Waals surface area contributed by atoms with Gasteiger partial charge in [0.15, 0.2) is 0 Å². The second kappa shape index (κ2) is 5.93. The molecule has 0 aromatic heterocycles. The Morgan fingerprint density at radius 2 is 2.00 bits per heavy atom. The minimum Gasteiger partial charge on any atom is -0.398 e. The van der Waals surface area contributed by atoms with Crippen LogP contribution >= 0.6 is 0 Å². The van der Waals surface area contributed by atoms with Crippen molar-refractivity contribution in [2.45, 2.75) is 39.3 Å². The number of β-amino-alcohol motifs (C(OH)–C–C–N with tert-alkyl or cyclic N) is 1. The molecular formula is C16H26N2O. The fourth-order valence-corrected chi connectivity index (χ4v) is 3.21. The van der Waals surface area contributed by atoms with E-state index in [2.05, 4.69) is 25.7 Å². The molecule has 4 atom stereocenters. The number of likely N-dealkylation sites (tertiary alicyclic amines) is 1. The standard InChI is InChI=1S/C16H26N2O/c1-11-8-12(2)13(3)18(9-11)10-16(19)14-6-4-5-7-15(14)17/h4-7,11-13,16,19H,8-10,17H2,1-3H3. The zero-order chi connectivity index (χ0) is 14.0. The van der Waals surface area contributed by atoms with Gasteiger partial charge in [-0.25, -0.2) is 0 Å². The van der Waals surface area contributed by atoms with E-state index in [-0.39, 0.29) is 0 Å². The lowest BCUT2D eigenvalue weighted by Crippen LogP contribution is -2.47. The van der Waals surface area contributed by atoms with E-state index in [4.69, 9.17) is 5.73 Å². The lowest BCUT2D eigenvalue weighted by Gasteiger charge is -2.42. The van der Waals surface area contributed by atoms with Gasteiger partial charge in [0.2, 0.25) is 0 Å². The Hall–Kier alpha value is -1.06. The van der Waals surface area contributed by atoms with Gasteiger partial charge < -0.3 is 10.8 Å². The van der Waals surface area contributed by atoms with Crippen molar-refractivity contribution in [1.82, 2.24) is 4.90 Å². The molecule has 106 valence electrons. The van der Waals surface area contributed by atoms with Crippen LogP contribution in [0.15, 0.2) is 24.3 Å². The van der Waals surface area contributed by atoms with Crippen LogP contribution in [0.5, 0.6) is 0 Å². The van der Waals surface area contributed by atoms with Gasteiger partial charge in [-0.1, -0.05) is 32.0 Å². The van der Waals surface area contributed by atoms with Crippen LogP contribution in [-0.4, -0.2) is 29.1 Å². The van der Waals surface area contributed by atoms with Crippen LogP contribution in [0.25, 0.3) is 0 Å². The first-order valence-electron chi connectivity index (χ1n) is 7.25. The van der Waals surface area contributed by atoms with E-state index in [1.54, 1.807) is 0 Å². The summed E-state index contributed by atoms with van der Waals surface area (Å²) in [6, 6.07) is 8.12. The smallest absolute Gasteiger partial charge is 0.0936 e. The van der Waals surface area contributed by atoms with Gasteiger partial charge in [0, 0.05) is 30.4 Å². The number of hydrogen-bond donors (Lipinski definition) is 2. The lowest BCUT2D eigenvalue weighted by molar-refractivity contribution is 0.0318. The second-order valence-electron chi connectivity index (χ2n) is 6.16. The van der Waals surface area contributed by atoms with Crippen LogP contribution < -0.4 is 5.73 Å². The summed E-state index contributed by atoms with van der Waals surface area (Å²) in [5.41, 5.74) is 7.47. The number of rotatable bonds is 3. The summed E-state index contributed by atoms with van der Waals surface area (Å²) in [6.45, 7) is 8.59. The number of hydrogen-bond acceptors (Lipinski definition) is 3. The predicted molar refractivity (Wildman–Crippen MR) is 79.8 cm³/mol. The Kier molecular flexibility index (Phi) is 4.48. The Labute approximate surface area is 116 Å². The number of nitrogens with zero attached hydrogens (tertiary/aromatic N) is 1. The van der Waals surface area contributed by atoms with Crippen molar-refractivity contribution >= 4 is 5.69 Å². The Bertz CT molecular complexity index is 421. The largest absolute Gasteiger partial charge is 0.398 e. The van der Waals surface area contributed by atoms with Crippen LogP contribution in [0.2, 0.25) is 0 Å². The maximum atomic E-state index is 10.4. The average Bonchev–Trinajstić information content (AvgIpc) is 2.35. The van der Waals surface area contributed by atoms with Gasteiger partial charge in [0.05, 0.1) is 6.10 Å². The van der Waals surface area contributed by atoms with Crippen molar-refractivity contribution < 1.29 is 5.11 Å². The van der Waals surface area contributed by atoms with Crippen molar-refractivity contribution in [3.8, 4) is 0 Å². The first-order chi connectivity index (χ1) is 8.99. The summed E-state index contributed by atoms with van der Waals surface area (Å²) >= 11 is 0. The Balaban J connectivity index is 2.06. The highest BCUT2D eigenvalue weighted by molar-refractivity contribution is 5.47. The van der Waals surface area contributed by atoms with Gasteiger partial charge in [-0.15, -0.1) is 0 Å². The molecule has 1 saturated heterocycles. The molecule has 1 heterocycles. The summed E-state index contributed by atoms with van der Waals surface area (Å²) in [4.78, 5) is 2.40. The van der Waals surface area contributed by atoms with Gasteiger partial charge in [-0.2, -0.15) is 0 Å². The average molecular weight is 262 g/mol. The van der Waals surface area contributed by atoms with Crippen molar-refractivity contribution in [2.75, 3.05) is 18.8 Å². The van der Waals surface area contributed by atoms with E-state index in [9.17, 15) is 5.11 Å². The molecule has 0 saturated carbocycles.